The van der Waals surface area contributed by atoms with Crippen LogP contribution in [0.2, 0.25) is 0 Å². The number of carbonyl (C=O) groups is 1. The summed E-state index contributed by atoms with van der Waals surface area (Å²) in [4.78, 5) is 12.6. The number of nitrogens with one attached hydrogen (secondary N) is 1. The molecule has 0 saturated heterocycles. The Bertz CT molecular complexity index is 653. The zero-order valence-electron chi connectivity index (χ0n) is 15.4. The minimum atomic E-state index is -0.577. The molecule has 2 atom stereocenters. The van der Waals surface area contributed by atoms with E-state index in [9.17, 15) is 4.79 Å². The Balaban J connectivity index is 2.01. The first-order chi connectivity index (χ1) is 12.0. The topological polar surface area (TPSA) is 47.6 Å². The zero-order chi connectivity index (χ0) is 18.2. The molecule has 2 rings (SSSR count). The number of hydrogen-bond acceptors (Lipinski definition) is 3. The highest BCUT2D eigenvalue weighted by molar-refractivity contribution is 5.81. The number of amides is 1. The van der Waals surface area contributed by atoms with Crippen LogP contribution in [0.15, 0.2) is 54.6 Å². The van der Waals surface area contributed by atoms with E-state index in [-0.39, 0.29) is 11.9 Å². The van der Waals surface area contributed by atoms with E-state index in [1.807, 2.05) is 42.5 Å². The van der Waals surface area contributed by atoms with Crippen molar-refractivity contribution < 1.29 is 14.3 Å². The average Bonchev–Trinajstić information content (AvgIpc) is 2.62. The van der Waals surface area contributed by atoms with Gasteiger partial charge in [0.05, 0.1) is 13.2 Å². The SMILES string of the molecule is COc1ccc(O[C@@H](C)C(=O)N[C@@H](CC(C)C)c2ccccc2)cc1. The molecule has 4 nitrogen and oxygen atoms in total. The summed E-state index contributed by atoms with van der Waals surface area (Å²) in [6.45, 7) is 6.07. The normalized spacial score (nSPS) is 13.2. The van der Waals surface area contributed by atoms with Crippen LogP contribution in [-0.2, 0) is 4.79 Å². The molecule has 0 aliphatic rings. The van der Waals surface area contributed by atoms with Crippen LogP contribution in [0.5, 0.6) is 11.5 Å². The van der Waals surface area contributed by atoms with Crippen molar-refractivity contribution in [3.63, 3.8) is 0 Å². The molecule has 4 heteroatoms. The lowest BCUT2D eigenvalue weighted by molar-refractivity contribution is -0.128. The van der Waals surface area contributed by atoms with Gasteiger partial charge < -0.3 is 14.8 Å². The fourth-order valence-corrected chi connectivity index (χ4v) is 2.64. The molecular weight excluding hydrogens is 314 g/mol. The predicted octanol–water partition coefficient (Wildman–Crippen LogP) is 4.37. The first-order valence-corrected chi connectivity index (χ1v) is 8.65. The summed E-state index contributed by atoms with van der Waals surface area (Å²) in [6.07, 6.45) is 0.303. The lowest BCUT2D eigenvalue weighted by Gasteiger charge is -2.23. The van der Waals surface area contributed by atoms with E-state index in [0.29, 0.717) is 11.7 Å². The lowest BCUT2D eigenvalue weighted by Crippen LogP contribution is -2.39. The maximum absolute atomic E-state index is 12.6. The molecule has 25 heavy (non-hydrogen) atoms. The molecule has 1 amide bonds. The molecule has 0 fully saturated rings. The van der Waals surface area contributed by atoms with Gasteiger partial charge in [-0.15, -0.1) is 0 Å². The smallest absolute Gasteiger partial charge is 0.261 e. The Kier molecular flexibility index (Phi) is 6.87. The fraction of sp³-hybridized carbons (Fsp3) is 0.381. The Hall–Kier alpha value is -2.49. The number of ether oxygens (including phenoxy) is 2. The highest BCUT2D eigenvalue weighted by atomic mass is 16.5. The van der Waals surface area contributed by atoms with Gasteiger partial charge in [0.2, 0.25) is 0 Å². The van der Waals surface area contributed by atoms with Crippen LogP contribution in [0.1, 0.15) is 38.8 Å². The van der Waals surface area contributed by atoms with Gasteiger partial charge in [0.1, 0.15) is 11.5 Å². The highest BCUT2D eigenvalue weighted by Gasteiger charge is 2.21. The van der Waals surface area contributed by atoms with Crippen LogP contribution >= 0.6 is 0 Å². The van der Waals surface area contributed by atoms with Crippen molar-refractivity contribution in [2.75, 3.05) is 7.11 Å². The molecule has 0 aliphatic carbocycles. The van der Waals surface area contributed by atoms with Gasteiger partial charge in [-0.2, -0.15) is 0 Å². The second kappa shape index (κ2) is 9.11. The van der Waals surface area contributed by atoms with E-state index in [1.54, 1.807) is 26.2 Å². The van der Waals surface area contributed by atoms with Crippen molar-refractivity contribution in [1.82, 2.24) is 5.32 Å². The Morgan fingerprint density at radius 3 is 2.12 bits per heavy atom. The van der Waals surface area contributed by atoms with Crippen molar-refractivity contribution in [1.29, 1.82) is 0 Å². The van der Waals surface area contributed by atoms with Crippen molar-refractivity contribution in [3.8, 4) is 11.5 Å². The van der Waals surface area contributed by atoms with Crippen LogP contribution in [0.4, 0.5) is 0 Å². The molecule has 0 bridgehead atoms. The summed E-state index contributed by atoms with van der Waals surface area (Å²) in [5, 5.41) is 3.12. The average molecular weight is 341 g/mol. The maximum Gasteiger partial charge on any atom is 0.261 e. The molecular formula is C21H27NO3. The first-order valence-electron chi connectivity index (χ1n) is 8.65. The standard InChI is InChI=1S/C21H27NO3/c1-15(2)14-20(17-8-6-5-7-9-17)22-21(23)16(3)25-19-12-10-18(24-4)11-13-19/h5-13,15-16,20H,14H2,1-4H3,(H,22,23)/t16-,20-/m0/s1. The molecule has 2 aromatic rings. The number of benzene rings is 2. The quantitative estimate of drug-likeness (QED) is 0.776. The van der Waals surface area contributed by atoms with Crippen LogP contribution < -0.4 is 14.8 Å². The third-order valence-corrected chi connectivity index (χ3v) is 3.97. The van der Waals surface area contributed by atoms with Gasteiger partial charge in [-0.3, -0.25) is 4.79 Å². The first kappa shape index (κ1) is 18.8. The van der Waals surface area contributed by atoms with Crippen molar-refractivity contribution in [2.24, 2.45) is 5.92 Å². The van der Waals surface area contributed by atoms with Gasteiger partial charge in [0, 0.05) is 0 Å². The monoisotopic (exact) mass is 341 g/mol. The summed E-state index contributed by atoms with van der Waals surface area (Å²) in [6, 6.07) is 17.2. The molecule has 0 aromatic heterocycles. The van der Waals surface area contributed by atoms with Gasteiger partial charge in [-0.1, -0.05) is 44.2 Å². The zero-order valence-corrected chi connectivity index (χ0v) is 15.4. The Morgan fingerprint density at radius 2 is 1.56 bits per heavy atom. The van der Waals surface area contributed by atoms with Gasteiger partial charge >= 0.3 is 0 Å². The third-order valence-electron chi connectivity index (χ3n) is 3.97. The molecule has 0 saturated carbocycles. The molecule has 0 unspecified atom stereocenters. The molecule has 1 N–H and O–H groups in total. The van der Waals surface area contributed by atoms with Crippen molar-refractivity contribution >= 4 is 5.91 Å². The second-order valence-corrected chi connectivity index (χ2v) is 6.54. The maximum atomic E-state index is 12.6. The molecule has 134 valence electrons. The summed E-state index contributed by atoms with van der Waals surface area (Å²) in [5.41, 5.74) is 1.11. The van der Waals surface area contributed by atoms with Crippen LogP contribution in [-0.4, -0.2) is 19.1 Å². The van der Waals surface area contributed by atoms with Crippen molar-refractivity contribution in [2.45, 2.75) is 39.3 Å². The summed E-state index contributed by atoms with van der Waals surface area (Å²) < 4.78 is 10.9. The summed E-state index contributed by atoms with van der Waals surface area (Å²) >= 11 is 0. The van der Waals surface area contributed by atoms with Gasteiger partial charge in [0.25, 0.3) is 5.91 Å². The van der Waals surface area contributed by atoms with Crippen LogP contribution in [0, 0.1) is 5.92 Å². The molecule has 0 aliphatic heterocycles. The molecule has 0 heterocycles. The van der Waals surface area contributed by atoms with Crippen LogP contribution in [0.3, 0.4) is 0 Å². The van der Waals surface area contributed by atoms with Gasteiger partial charge in [-0.05, 0) is 49.1 Å². The van der Waals surface area contributed by atoms with Gasteiger partial charge in [-0.25, -0.2) is 0 Å². The summed E-state index contributed by atoms with van der Waals surface area (Å²) in [7, 11) is 1.62. The predicted molar refractivity (Wildman–Crippen MR) is 99.9 cm³/mol. The number of rotatable bonds is 8. The van der Waals surface area contributed by atoms with E-state index in [4.69, 9.17) is 9.47 Å². The fourth-order valence-electron chi connectivity index (χ4n) is 2.64. The lowest BCUT2D eigenvalue weighted by atomic mass is 9.97. The minimum Gasteiger partial charge on any atom is -0.497 e. The second-order valence-electron chi connectivity index (χ2n) is 6.54. The third kappa shape index (κ3) is 5.82. The molecule has 0 spiro atoms. The molecule has 2 aromatic carbocycles. The molecule has 0 radical (unpaired) electrons. The highest BCUT2D eigenvalue weighted by Crippen LogP contribution is 2.22. The largest absolute Gasteiger partial charge is 0.497 e. The number of carbonyl (C=O) groups excluding carboxylic acids is 1. The minimum absolute atomic E-state index is 0.0179. The van der Waals surface area contributed by atoms with Gasteiger partial charge in [0.15, 0.2) is 6.10 Å². The van der Waals surface area contributed by atoms with E-state index in [2.05, 4.69) is 19.2 Å². The Morgan fingerprint density at radius 1 is 0.960 bits per heavy atom. The summed E-state index contributed by atoms with van der Waals surface area (Å²) in [5.74, 6) is 1.75. The van der Waals surface area contributed by atoms with Crippen molar-refractivity contribution in [3.05, 3.63) is 60.2 Å². The van der Waals surface area contributed by atoms with E-state index >= 15 is 0 Å². The Labute approximate surface area is 150 Å². The number of methoxy groups -OCH3 is 1. The number of hydrogen-bond donors (Lipinski definition) is 1. The van der Waals surface area contributed by atoms with E-state index < -0.39 is 6.10 Å². The van der Waals surface area contributed by atoms with E-state index in [0.717, 1.165) is 17.7 Å². The van der Waals surface area contributed by atoms with E-state index in [1.165, 1.54) is 0 Å². The van der Waals surface area contributed by atoms with Crippen LogP contribution in [0.25, 0.3) is 0 Å².